The maximum absolute atomic E-state index is 3.37. The fourth-order valence-corrected chi connectivity index (χ4v) is 2.85. The van der Waals surface area contributed by atoms with E-state index in [9.17, 15) is 0 Å². The van der Waals surface area contributed by atoms with Crippen LogP contribution in [0.2, 0.25) is 0 Å². The molecule has 2 nitrogen and oxygen atoms in total. The molecule has 0 bridgehead atoms. The molecular weight excluding hydrogens is 232 g/mol. The van der Waals surface area contributed by atoms with Crippen LogP contribution in [0, 0.1) is 0 Å². The van der Waals surface area contributed by atoms with Crippen LogP contribution in [0.5, 0.6) is 0 Å². The Hall–Kier alpha value is -0.860. The second-order valence-electron chi connectivity index (χ2n) is 5.74. The molecule has 0 aliphatic carbocycles. The summed E-state index contributed by atoms with van der Waals surface area (Å²) < 4.78 is 0. The zero-order valence-corrected chi connectivity index (χ0v) is 12.5. The molecule has 0 spiro atoms. The standard InChI is InChI=1S/C17H28N2/c1-3-18-12-11-16-7-9-17(10-8-16)14-19-13-5-4-6-15(19)2/h7-10,15,18H,3-6,11-14H2,1-2H3. The highest BCUT2D eigenvalue weighted by Crippen LogP contribution is 2.19. The van der Waals surface area contributed by atoms with Gasteiger partial charge in [0.25, 0.3) is 0 Å². The monoisotopic (exact) mass is 260 g/mol. The Balaban J connectivity index is 1.84. The van der Waals surface area contributed by atoms with Gasteiger partial charge < -0.3 is 5.32 Å². The molecule has 0 saturated carbocycles. The Morgan fingerprint density at radius 2 is 1.89 bits per heavy atom. The lowest BCUT2D eigenvalue weighted by atomic mass is 10.0. The number of piperidine rings is 1. The highest BCUT2D eigenvalue weighted by atomic mass is 15.2. The van der Waals surface area contributed by atoms with Gasteiger partial charge >= 0.3 is 0 Å². The summed E-state index contributed by atoms with van der Waals surface area (Å²) in [7, 11) is 0. The number of hydrogen-bond acceptors (Lipinski definition) is 2. The number of hydrogen-bond donors (Lipinski definition) is 1. The van der Waals surface area contributed by atoms with Gasteiger partial charge in [-0.25, -0.2) is 0 Å². The second kappa shape index (κ2) is 7.66. The van der Waals surface area contributed by atoms with Crippen molar-refractivity contribution in [1.82, 2.24) is 10.2 Å². The number of nitrogens with one attached hydrogen (secondary N) is 1. The first kappa shape index (κ1) is 14.5. The molecule has 1 aliphatic rings. The van der Waals surface area contributed by atoms with Crippen LogP contribution in [0.1, 0.15) is 44.2 Å². The third-order valence-electron chi connectivity index (χ3n) is 4.19. The number of likely N-dealkylation sites (N-methyl/N-ethyl adjacent to an activating group) is 1. The molecule has 2 heteroatoms. The van der Waals surface area contributed by atoms with Crippen LogP contribution >= 0.6 is 0 Å². The van der Waals surface area contributed by atoms with Crippen molar-refractivity contribution in [2.45, 2.75) is 52.1 Å². The molecule has 1 aromatic rings. The topological polar surface area (TPSA) is 15.3 Å². The van der Waals surface area contributed by atoms with E-state index in [-0.39, 0.29) is 0 Å². The molecule has 1 atom stereocenters. The van der Waals surface area contributed by atoms with Crippen molar-refractivity contribution < 1.29 is 0 Å². The van der Waals surface area contributed by atoms with Gasteiger partial charge in [0, 0.05) is 12.6 Å². The van der Waals surface area contributed by atoms with Crippen LogP contribution in [0.25, 0.3) is 0 Å². The largest absolute Gasteiger partial charge is 0.317 e. The maximum atomic E-state index is 3.37. The number of nitrogens with zero attached hydrogens (tertiary/aromatic N) is 1. The highest BCUT2D eigenvalue weighted by Gasteiger charge is 2.17. The lowest BCUT2D eigenvalue weighted by Gasteiger charge is -2.33. The summed E-state index contributed by atoms with van der Waals surface area (Å²) in [6.45, 7) is 9.05. The zero-order chi connectivity index (χ0) is 13.5. The van der Waals surface area contributed by atoms with Crippen LogP contribution in [-0.4, -0.2) is 30.6 Å². The summed E-state index contributed by atoms with van der Waals surface area (Å²) in [6, 6.07) is 9.95. The van der Waals surface area contributed by atoms with Gasteiger partial charge in [0.1, 0.15) is 0 Å². The molecule has 106 valence electrons. The zero-order valence-electron chi connectivity index (χ0n) is 12.5. The Labute approximate surface area is 118 Å². The van der Waals surface area contributed by atoms with Crippen molar-refractivity contribution in [1.29, 1.82) is 0 Å². The first-order valence-corrected chi connectivity index (χ1v) is 7.82. The van der Waals surface area contributed by atoms with E-state index in [4.69, 9.17) is 0 Å². The SMILES string of the molecule is CCNCCc1ccc(CN2CCCCC2C)cc1. The van der Waals surface area contributed by atoms with Crippen molar-refractivity contribution in [2.24, 2.45) is 0 Å². The van der Waals surface area contributed by atoms with Gasteiger partial charge in [-0.3, -0.25) is 4.90 Å². The minimum absolute atomic E-state index is 0.752. The van der Waals surface area contributed by atoms with Gasteiger partial charge in [0.15, 0.2) is 0 Å². The van der Waals surface area contributed by atoms with E-state index in [1.165, 1.54) is 36.9 Å². The molecule has 1 N–H and O–H groups in total. The molecule has 1 heterocycles. The van der Waals surface area contributed by atoms with Crippen LogP contribution in [0.15, 0.2) is 24.3 Å². The summed E-state index contributed by atoms with van der Waals surface area (Å²) in [6.07, 6.45) is 5.27. The molecule has 1 fully saturated rings. The number of rotatable bonds is 6. The van der Waals surface area contributed by atoms with E-state index in [0.29, 0.717) is 0 Å². The Kier molecular flexibility index (Phi) is 5.87. The lowest BCUT2D eigenvalue weighted by molar-refractivity contribution is 0.152. The van der Waals surface area contributed by atoms with Crippen molar-refractivity contribution in [3.05, 3.63) is 35.4 Å². The summed E-state index contributed by atoms with van der Waals surface area (Å²) in [5, 5.41) is 3.37. The molecule has 0 amide bonds. The first-order chi connectivity index (χ1) is 9.29. The van der Waals surface area contributed by atoms with Crippen LogP contribution in [0.3, 0.4) is 0 Å². The lowest BCUT2D eigenvalue weighted by Crippen LogP contribution is -2.36. The summed E-state index contributed by atoms with van der Waals surface area (Å²) in [4.78, 5) is 2.62. The van der Waals surface area contributed by atoms with Gasteiger partial charge in [-0.05, 0) is 56.9 Å². The number of likely N-dealkylation sites (tertiary alicyclic amines) is 1. The van der Waals surface area contributed by atoms with E-state index in [2.05, 4.69) is 48.3 Å². The van der Waals surface area contributed by atoms with E-state index >= 15 is 0 Å². The molecule has 2 rings (SSSR count). The van der Waals surface area contributed by atoms with E-state index in [0.717, 1.165) is 32.1 Å². The quantitative estimate of drug-likeness (QED) is 0.790. The Bertz CT molecular complexity index is 358. The Morgan fingerprint density at radius 1 is 1.16 bits per heavy atom. The molecule has 1 unspecified atom stereocenters. The molecule has 19 heavy (non-hydrogen) atoms. The minimum Gasteiger partial charge on any atom is -0.317 e. The fourth-order valence-electron chi connectivity index (χ4n) is 2.85. The van der Waals surface area contributed by atoms with Gasteiger partial charge in [-0.1, -0.05) is 37.6 Å². The summed E-state index contributed by atoms with van der Waals surface area (Å²) in [5.41, 5.74) is 2.90. The predicted octanol–water partition coefficient (Wildman–Crippen LogP) is 3.21. The van der Waals surface area contributed by atoms with Crippen molar-refractivity contribution >= 4 is 0 Å². The second-order valence-corrected chi connectivity index (χ2v) is 5.74. The van der Waals surface area contributed by atoms with Gasteiger partial charge in [-0.2, -0.15) is 0 Å². The first-order valence-electron chi connectivity index (χ1n) is 7.82. The molecule has 1 saturated heterocycles. The van der Waals surface area contributed by atoms with Crippen LogP contribution in [-0.2, 0) is 13.0 Å². The average molecular weight is 260 g/mol. The van der Waals surface area contributed by atoms with Crippen LogP contribution < -0.4 is 5.32 Å². The smallest absolute Gasteiger partial charge is 0.0236 e. The van der Waals surface area contributed by atoms with E-state index in [1.807, 2.05) is 0 Å². The van der Waals surface area contributed by atoms with Crippen molar-refractivity contribution in [3.63, 3.8) is 0 Å². The van der Waals surface area contributed by atoms with E-state index in [1.54, 1.807) is 0 Å². The van der Waals surface area contributed by atoms with Gasteiger partial charge in [0.2, 0.25) is 0 Å². The molecular formula is C17H28N2. The van der Waals surface area contributed by atoms with Gasteiger partial charge in [-0.15, -0.1) is 0 Å². The number of benzene rings is 1. The maximum Gasteiger partial charge on any atom is 0.0236 e. The fraction of sp³-hybridized carbons (Fsp3) is 0.647. The molecule has 1 aliphatic heterocycles. The van der Waals surface area contributed by atoms with Gasteiger partial charge in [0.05, 0.1) is 0 Å². The summed E-state index contributed by atoms with van der Waals surface area (Å²) >= 11 is 0. The minimum atomic E-state index is 0.752. The predicted molar refractivity (Wildman–Crippen MR) is 82.4 cm³/mol. The molecule has 1 aromatic carbocycles. The van der Waals surface area contributed by atoms with Crippen molar-refractivity contribution in [3.8, 4) is 0 Å². The van der Waals surface area contributed by atoms with E-state index < -0.39 is 0 Å². The highest BCUT2D eigenvalue weighted by molar-refractivity contribution is 5.22. The third kappa shape index (κ3) is 4.63. The Morgan fingerprint density at radius 3 is 2.58 bits per heavy atom. The third-order valence-corrected chi connectivity index (χ3v) is 4.19. The van der Waals surface area contributed by atoms with Crippen LogP contribution in [0.4, 0.5) is 0 Å². The summed E-state index contributed by atoms with van der Waals surface area (Å²) in [5.74, 6) is 0. The normalized spacial score (nSPS) is 20.6. The molecule has 0 aromatic heterocycles. The molecule has 0 radical (unpaired) electrons. The average Bonchev–Trinajstić information content (AvgIpc) is 2.44. The van der Waals surface area contributed by atoms with Crippen molar-refractivity contribution in [2.75, 3.05) is 19.6 Å².